The zero-order chi connectivity index (χ0) is 22.4. The second-order valence-corrected chi connectivity index (χ2v) is 10.6. The molecule has 6 rings (SSSR count). The summed E-state index contributed by atoms with van der Waals surface area (Å²) in [5.74, 6) is 0. The molecule has 2 amide bonds. The summed E-state index contributed by atoms with van der Waals surface area (Å²) < 4.78 is 3.20. The molecule has 166 valence electrons. The fourth-order valence-electron chi connectivity index (χ4n) is 5.12. The maximum atomic E-state index is 13.9. The Bertz CT molecular complexity index is 1330. The lowest BCUT2D eigenvalue weighted by Gasteiger charge is -2.31. The number of fused-ring (bicyclic) bond motifs is 5. The normalized spacial score (nSPS) is 17.0. The molecule has 1 atom stereocenters. The van der Waals surface area contributed by atoms with Crippen LogP contribution in [-0.4, -0.2) is 15.5 Å². The number of urea groups is 1. The highest BCUT2D eigenvalue weighted by molar-refractivity contribution is 9.10. The van der Waals surface area contributed by atoms with Crippen LogP contribution in [0.2, 0.25) is 0 Å². The van der Waals surface area contributed by atoms with Gasteiger partial charge in [0.05, 0.1) is 24.0 Å². The van der Waals surface area contributed by atoms with Gasteiger partial charge in [0.2, 0.25) is 0 Å². The molecule has 33 heavy (non-hydrogen) atoms. The van der Waals surface area contributed by atoms with Crippen LogP contribution in [0.5, 0.6) is 0 Å². The highest BCUT2D eigenvalue weighted by Crippen LogP contribution is 2.44. The van der Waals surface area contributed by atoms with E-state index in [1.54, 1.807) is 0 Å². The smallest absolute Gasteiger partial charge is 0.310 e. The Hall–Kier alpha value is -2.83. The van der Waals surface area contributed by atoms with Crippen molar-refractivity contribution in [2.45, 2.75) is 38.3 Å². The molecule has 4 nitrogen and oxygen atoms in total. The van der Waals surface area contributed by atoms with Gasteiger partial charge < -0.3 is 14.8 Å². The number of carbonyl (C=O) groups excluding carboxylic acids is 1. The van der Waals surface area contributed by atoms with Crippen LogP contribution in [0.25, 0.3) is 5.00 Å². The highest BCUT2D eigenvalue weighted by atomic mass is 79.9. The average molecular weight is 518 g/mol. The summed E-state index contributed by atoms with van der Waals surface area (Å²) in [4.78, 5) is 17.4. The van der Waals surface area contributed by atoms with Gasteiger partial charge in [-0.05, 0) is 77.0 Å². The van der Waals surface area contributed by atoms with E-state index in [1.807, 2.05) is 46.6 Å². The van der Waals surface area contributed by atoms with Crippen molar-refractivity contribution in [3.8, 4) is 5.00 Å². The third kappa shape index (κ3) is 3.62. The first-order valence-electron chi connectivity index (χ1n) is 11.4. The van der Waals surface area contributed by atoms with Gasteiger partial charge in [0, 0.05) is 21.1 Å². The Morgan fingerprint density at radius 3 is 2.58 bits per heavy atom. The van der Waals surface area contributed by atoms with Crippen molar-refractivity contribution in [3.63, 3.8) is 0 Å². The number of carbonyl (C=O) groups is 1. The Labute approximate surface area is 206 Å². The summed E-state index contributed by atoms with van der Waals surface area (Å²) in [5.41, 5.74) is 5.80. The minimum Gasteiger partial charge on any atom is -0.310 e. The topological polar surface area (TPSA) is 37.3 Å². The number of anilines is 1. The van der Waals surface area contributed by atoms with Gasteiger partial charge in [-0.2, -0.15) is 0 Å². The molecule has 0 saturated carbocycles. The van der Waals surface area contributed by atoms with E-state index in [0.717, 1.165) is 34.3 Å². The number of aromatic nitrogens is 1. The maximum Gasteiger partial charge on any atom is 0.323 e. The van der Waals surface area contributed by atoms with Crippen molar-refractivity contribution >= 4 is 39.0 Å². The molecule has 0 radical (unpaired) electrons. The predicted molar refractivity (Wildman–Crippen MR) is 137 cm³/mol. The quantitative estimate of drug-likeness (QED) is 0.297. The minimum atomic E-state index is -0.178. The fraction of sp³-hybridized carbons (Fsp3) is 0.222. The Balaban J connectivity index is 1.50. The number of para-hydroxylation sites is 1. The SMILES string of the molecule is O=C(Nc1ccccc1Br)N1Cc2c(sc3c2CCCC3)-n2cccc2C1c1ccccc1. The summed E-state index contributed by atoms with van der Waals surface area (Å²) >= 11 is 5.49. The molecule has 4 aromatic rings. The molecule has 2 aromatic heterocycles. The van der Waals surface area contributed by atoms with Crippen molar-refractivity contribution < 1.29 is 4.79 Å². The standard InChI is InChI=1S/C27H24BrN3OS/c28-21-12-5-6-13-22(21)29-27(32)31-17-20-19-11-4-7-15-24(19)33-26(20)30-16-8-14-23(30)25(31)18-9-2-1-3-10-18/h1-3,5-6,8-10,12-14,16,25H,4,7,11,15,17H2,(H,29,32). The van der Waals surface area contributed by atoms with Crippen molar-refractivity contribution in [1.29, 1.82) is 0 Å². The number of halogens is 1. The fourth-order valence-corrected chi connectivity index (χ4v) is 6.91. The summed E-state index contributed by atoms with van der Waals surface area (Å²) in [6.07, 6.45) is 6.88. The third-order valence-electron chi connectivity index (χ3n) is 6.67. The van der Waals surface area contributed by atoms with Gasteiger partial charge >= 0.3 is 6.03 Å². The lowest BCUT2D eigenvalue weighted by molar-refractivity contribution is 0.194. The average Bonchev–Trinajstić information content (AvgIpc) is 3.43. The number of nitrogens with one attached hydrogen (secondary N) is 1. The molecule has 1 aliphatic heterocycles. The van der Waals surface area contributed by atoms with Crippen molar-refractivity contribution in [3.05, 3.63) is 105 Å². The monoisotopic (exact) mass is 517 g/mol. The van der Waals surface area contributed by atoms with E-state index in [9.17, 15) is 4.79 Å². The molecular formula is C27H24BrN3OS. The molecule has 2 aromatic carbocycles. The van der Waals surface area contributed by atoms with Gasteiger partial charge in [-0.3, -0.25) is 0 Å². The molecule has 0 fully saturated rings. The zero-order valence-electron chi connectivity index (χ0n) is 18.1. The van der Waals surface area contributed by atoms with Gasteiger partial charge in [-0.1, -0.05) is 42.5 Å². The lowest BCUT2D eigenvalue weighted by Crippen LogP contribution is -2.38. The molecular weight excluding hydrogens is 494 g/mol. The summed E-state index contributed by atoms with van der Waals surface area (Å²) in [7, 11) is 0. The Morgan fingerprint density at radius 1 is 0.939 bits per heavy atom. The van der Waals surface area contributed by atoms with E-state index in [2.05, 4.69) is 68.4 Å². The van der Waals surface area contributed by atoms with Crippen LogP contribution in [0.4, 0.5) is 10.5 Å². The Morgan fingerprint density at radius 2 is 1.73 bits per heavy atom. The number of benzene rings is 2. The van der Waals surface area contributed by atoms with Gasteiger partial charge in [-0.15, -0.1) is 11.3 Å². The van der Waals surface area contributed by atoms with Crippen LogP contribution in [0, 0.1) is 0 Å². The van der Waals surface area contributed by atoms with Gasteiger partial charge in [0.1, 0.15) is 5.00 Å². The second-order valence-electron chi connectivity index (χ2n) is 8.65. The second kappa shape index (κ2) is 8.50. The zero-order valence-corrected chi connectivity index (χ0v) is 20.5. The van der Waals surface area contributed by atoms with Crippen molar-refractivity contribution in [1.82, 2.24) is 9.47 Å². The predicted octanol–water partition coefficient (Wildman–Crippen LogP) is 7.32. The van der Waals surface area contributed by atoms with E-state index in [0.29, 0.717) is 6.54 Å². The van der Waals surface area contributed by atoms with E-state index in [1.165, 1.54) is 33.8 Å². The molecule has 1 N–H and O–H groups in total. The largest absolute Gasteiger partial charge is 0.323 e. The van der Waals surface area contributed by atoms with Crippen molar-refractivity contribution in [2.75, 3.05) is 5.32 Å². The number of hydrogen-bond acceptors (Lipinski definition) is 2. The number of rotatable bonds is 2. The molecule has 2 aliphatic rings. The third-order valence-corrected chi connectivity index (χ3v) is 8.70. The van der Waals surface area contributed by atoms with E-state index in [4.69, 9.17) is 0 Å². The first kappa shape index (κ1) is 20.8. The summed E-state index contributed by atoms with van der Waals surface area (Å²) in [6.45, 7) is 0.596. The lowest BCUT2D eigenvalue weighted by atomic mass is 9.95. The molecule has 1 unspecified atom stereocenters. The Kier molecular flexibility index (Phi) is 5.35. The van der Waals surface area contributed by atoms with Crippen LogP contribution in [0.3, 0.4) is 0 Å². The molecule has 0 saturated heterocycles. The maximum absolute atomic E-state index is 13.9. The molecule has 0 spiro atoms. The van der Waals surface area contributed by atoms with E-state index < -0.39 is 0 Å². The minimum absolute atomic E-state index is 0.0906. The first-order valence-corrected chi connectivity index (χ1v) is 13.0. The van der Waals surface area contributed by atoms with Crippen LogP contribution < -0.4 is 5.32 Å². The number of thiophene rings is 1. The molecule has 0 bridgehead atoms. The number of hydrogen-bond donors (Lipinski definition) is 1. The number of aryl methyl sites for hydroxylation is 1. The van der Waals surface area contributed by atoms with Crippen molar-refractivity contribution in [2.24, 2.45) is 0 Å². The van der Waals surface area contributed by atoms with Gasteiger partial charge in [-0.25, -0.2) is 4.79 Å². The van der Waals surface area contributed by atoms with Gasteiger partial charge in [0.25, 0.3) is 0 Å². The number of amides is 2. The van der Waals surface area contributed by atoms with Crippen LogP contribution in [0.15, 0.2) is 77.4 Å². The van der Waals surface area contributed by atoms with Crippen LogP contribution in [-0.2, 0) is 19.4 Å². The summed E-state index contributed by atoms with van der Waals surface area (Å²) in [5, 5.41) is 4.44. The molecule has 3 heterocycles. The van der Waals surface area contributed by atoms with Crippen LogP contribution >= 0.6 is 27.3 Å². The molecule has 1 aliphatic carbocycles. The summed E-state index contributed by atoms with van der Waals surface area (Å²) in [6, 6.07) is 22.1. The van der Waals surface area contributed by atoms with E-state index >= 15 is 0 Å². The van der Waals surface area contributed by atoms with Crippen LogP contribution in [0.1, 0.15) is 46.1 Å². The first-order chi connectivity index (χ1) is 16.2. The number of nitrogens with zero attached hydrogens (tertiary/aromatic N) is 2. The highest BCUT2D eigenvalue weighted by Gasteiger charge is 2.36. The molecule has 6 heteroatoms. The van der Waals surface area contributed by atoms with E-state index in [-0.39, 0.29) is 12.1 Å². The van der Waals surface area contributed by atoms with Gasteiger partial charge in [0.15, 0.2) is 0 Å².